The van der Waals surface area contributed by atoms with E-state index in [0.29, 0.717) is 6.10 Å². The maximum atomic E-state index is 5.79. The van der Waals surface area contributed by atoms with E-state index in [2.05, 4.69) is 5.32 Å². The quantitative estimate of drug-likeness (QED) is 0.822. The van der Waals surface area contributed by atoms with E-state index < -0.39 is 0 Å². The van der Waals surface area contributed by atoms with E-state index in [1.54, 1.807) is 11.3 Å². The minimum atomic E-state index is 0.323. The summed E-state index contributed by atoms with van der Waals surface area (Å²) in [4.78, 5) is 0. The van der Waals surface area contributed by atoms with Gasteiger partial charge in [-0.3, -0.25) is 0 Å². The molecule has 72 valence electrons. The van der Waals surface area contributed by atoms with Gasteiger partial charge in [-0.15, -0.1) is 11.3 Å². The van der Waals surface area contributed by atoms with Crippen molar-refractivity contribution in [2.45, 2.75) is 18.9 Å². The number of halogens is 1. The summed E-state index contributed by atoms with van der Waals surface area (Å²) in [5.74, 6) is 0. The summed E-state index contributed by atoms with van der Waals surface area (Å²) >= 11 is 7.35. The van der Waals surface area contributed by atoms with E-state index in [0.717, 1.165) is 29.6 Å². The maximum Gasteiger partial charge on any atom is 0.175 e. The first-order valence-electron chi connectivity index (χ1n) is 4.46. The monoisotopic (exact) mass is 217 g/mol. The molecule has 0 radical (unpaired) electrons. The molecule has 1 aliphatic rings. The third kappa shape index (κ3) is 2.59. The number of hydrogen-bond acceptors (Lipinski definition) is 3. The molecule has 13 heavy (non-hydrogen) atoms. The van der Waals surface area contributed by atoms with Crippen molar-refractivity contribution in [2.75, 3.05) is 13.1 Å². The second-order valence-electron chi connectivity index (χ2n) is 3.17. The van der Waals surface area contributed by atoms with Gasteiger partial charge in [-0.2, -0.15) is 0 Å². The van der Waals surface area contributed by atoms with Crippen LogP contribution < -0.4 is 10.1 Å². The molecule has 2 heterocycles. The minimum Gasteiger partial charge on any atom is -0.479 e. The summed E-state index contributed by atoms with van der Waals surface area (Å²) in [6.45, 7) is 2.07. The fourth-order valence-corrected chi connectivity index (χ4v) is 2.42. The first-order valence-corrected chi connectivity index (χ1v) is 5.72. The summed E-state index contributed by atoms with van der Waals surface area (Å²) in [7, 11) is 0. The molecule has 0 amide bonds. The molecular weight excluding hydrogens is 206 g/mol. The highest BCUT2D eigenvalue weighted by atomic mass is 35.5. The SMILES string of the molecule is Clc1csc(OC2CCCNC2)c1. The van der Waals surface area contributed by atoms with Crippen LogP contribution in [0.3, 0.4) is 0 Å². The molecule has 1 aromatic rings. The van der Waals surface area contributed by atoms with E-state index >= 15 is 0 Å². The van der Waals surface area contributed by atoms with Crippen LogP contribution in [0.2, 0.25) is 5.02 Å². The minimum absolute atomic E-state index is 0.323. The Balaban J connectivity index is 1.89. The van der Waals surface area contributed by atoms with Gasteiger partial charge in [0.25, 0.3) is 0 Å². The van der Waals surface area contributed by atoms with Gasteiger partial charge in [0.2, 0.25) is 0 Å². The lowest BCUT2D eigenvalue weighted by molar-refractivity contribution is 0.172. The molecule has 0 spiro atoms. The molecule has 0 saturated carbocycles. The molecule has 2 nitrogen and oxygen atoms in total. The number of hydrogen-bond donors (Lipinski definition) is 1. The van der Waals surface area contributed by atoms with Crippen molar-refractivity contribution in [1.29, 1.82) is 0 Å². The normalized spacial score (nSPS) is 23.0. The molecule has 1 fully saturated rings. The van der Waals surface area contributed by atoms with Crippen LogP contribution in [-0.2, 0) is 0 Å². The molecule has 0 aliphatic carbocycles. The zero-order valence-electron chi connectivity index (χ0n) is 7.25. The Labute approximate surface area is 86.9 Å². The smallest absolute Gasteiger partial charge is 0.175 e. The van der Waals surface area contributed by atoms with E-state index in [-0.39, 0.29) is 0 Å². The number of nitrogens with one attached hydrogen (secondary N) is 1. The average Bonchev–Trinajstić information content (AvgIpc) is 2.53. The molecule has 1 aromatic heterocycles. The molecule has 1 unspecified atom stereocenters. The summed E-state index contributed by atoms with van der Waals surface area (Å²) in [5.41, 5.74) is 0. The molecule has 0 bridgehead atoms. The molecule has 1 saturated heterocycles. The van der Waals surface area contributed by atoms with Crippen molar-refractivity contribution in [2.24, 2.45) is 0 Å². The summed E-state index contributed by atoms with van der Waals surface area (Å²) in [6, 6.07) is 1.88. The lowest BCUT2D eigenvalue weighted by Crippen LogP contribution is -2.36. The van der Waals surface area contributed by atoms with Crippen molar-refractivity contribution >= 4 is 22.9 Å². The summed E-state index contributed by atoms with van der Waals surface area (Å²) in [6.07, 6.45) is 2.66. The van der Waals surface area contributed by atoms with Crippen molar-refractivity contribution < 1.29 is 4.74 Å². The Morgan fingerprint density at radius 3 is 3.15 bits per heavy atom. The van der Waals surface area contributed by atoms with Gasteiger partial charge in [-0.1, -0.05) is 11.6 Å². The van der Waals surface area contributed by atoms with Gasteiger partial charge in [0.1, 0.15) is 6.10 Å². The number of rotatable bonds is 2. The Hall–Kier alpha value is -0.250. The molecular formula is C9H12ClNOS. The van der Waals surface area contributed by atoms with Crippen LogP contribution >= 0.6 is 22.9 Å². The second-order valence-corrected chi connectivity index (χ2v) is 4.48. The van der Waals surface area contributed by atoms with Gasteiger partial charge in [0.05, 0.1) is 5.02 Å². The Morgan fingerprint density at radius 1 is 1.62 bits per heavy atom. The van der Waals surface area contributed by atoms with E-state index in [9.17, 15) is 0 Å². The van der Waals surface area contributed by atoms with E-state index in [4.69, 9.17) is 16.3 Å². The third-order valence-corrected chi connectivity index (χ3v) is 3.24. The zero-order chi connectivity index (χ0) is 9.10. The molecule has 2 rings (SSSR count). The highest BCUT2D eigenvalue weighted by molar-refractivity contribution is 7.12. The van der Waals surface area contributed by atoms with Crippen molar-refractivity contribution in [3.05, 3.63) is 16.5 Å². The molecule has 1 N–H and O–H groups in total. The molecule has 1 aliphatic heterocycles. The highest BCUT2D eigenvalue weighted by Gasteiger charge is 2.14. The number of ether oxygens (including phenoxy) is 1. The van der Waals surface area contributed by atoms with Gasteiger partial charge in [0, 0.05) is 18.0 Å². The highest BCUT2D eigenvalue weighted by Crippen LogP contribution is 2.28. The lowest BCUT2D eigenvalue weighted by atomic mass is 10.1. The van der Waals surface area contributed by atoms with Crippen LogP contribution in [0.4, 0.5) is 0 Å². The van der Waals surface area contributed by atoms with Crippen molar-refractivity contribution in [3.8, 4) is 5.06 Å². The maximum absolute atomic E-state index is 5.79. The fourth-order valence-electron chi connectivity index (χ4n) is 1.44. The standard InChI is InChI=1S/C9H12ClNOS/c10-7-4-9(13-6-7)12-8-2-1-3-11-5-8/h4,6,8,11H,1-3,5H2. The van der Waals surface area contributed by atoms with E-state index in [1.807, 2.05) is 11.4 Å². The molecule has 1 atom stereocenters. The van der Waals surface area contributed by atoms with Crippen LogP contribution in [0.1, 0.15) is 12.8 Å². The van der Waals surface area contributed by atoms with Crippen molar-refractivity contribution in [1.82, 2.24) is 5.32 Å². The fraction of sp³-hybridized carbons (Fsp3) is 0.556. The Kier molecular flexibility index (Phi) is 3.09. The largest absolute Gasteiger partial charge is 0.479 e. The predicted octanol–water partition coefficient (Wildman–Crippen LogP) is 2.53. The Bertz CT molecular complexity index is 270. The predicted molar refractivity (Wildman–Crippen MR) is 55.8 cm³/mol. The van der Waals surface area contributed by atoms with Crippen LogP contribution in [0.25, 0.3) is 0 Å². The van der Waals surface area contributed by atoms with Crippen LogP contribution in [-0.4, -0.2) is 19.2 Å². The Morgan fingerprint density at radius 2 is 2.54 bits per heavy atom. The summed E-state index contributed by atoms with van der Waals surface area (Å²) in [5, 5.41) is 6.90. The third-order valence-electron chi connectivity index (χ3n) is 2.08. The molecule has 4 heteroatoms. The molecule has 0 aromatic carbocycles. The number of piperidine rings is 1. The van der Waals surface area contributed by atoms with Crippen LogP contribution in [0.5, 0.6) is 5.06 Å². The second kappa shape index (κ2) is 4.31. The van der Waals surface area contributed by atoms with Crippen LogP contribution in [0, 0.1) is 0 Å². The first-order chi connectivity index (χ1) is 6.34. The zero-order valence-corrected chi connectivity index (χ0v) is 8.83. The van der Waals surface area contributed by atoms with Gasteiger partial charge in [-0.25, -0.2) is 0 Å². The van der Waals surface area contributed by atoms with Crippen molar-refractivity contribution in [3.63, 3.8) is 0 Å². The van der Waals surface area contributed by atoms with Gasteiger partial charge in [0.15, 0.2) is 5.06 Å². The topological polar surface area (TPSA) is 21.3 Å². The van der Waals surface area contributed by atoms with Gasteiger partial charge >= 0.3 is 0 Å². The van der Waals surface area contributed by atoms with Crippen LogP contribution in [0.15, 0.2) is 11.4 Å². The van der Waals surface area contributed by atoms with E-state index in [1.165, 1.54) is 6.42 Å². The van der Waals surface area contributed by atoms with Gasteiger partial charge < -0.3 is 10.1 Å². The van der Waals surface area contributed by atoms with Gasteiger partial charge in [-0.05, 0) is 19.4 Å². The first kappa shape index (κ1) is 9.31. The summed E-state index contributed by atoms with van der Waals surface area (Å²) < 4.78 is 5.75. The number of thiophene rings is 1. The average molecular weight is 218 g/mol. The lowest BCUT2D eigenvalue weighted by Gasteiger charge is -2.22.